The van der Waals surface area contributed by atoms with Gasteiger partial charge in [0.2, 0.25) is 0 Å². The highest BCUT2D eigenvalue weighted by molar-refractivity contribution is 6.42. The summed E-state index contributed by atoms with van der Waals surface area (Å²) in [6.07, 6.45) is 7.95. The van der Waals surface area contributed by atoms with Gasteiger partial charge < -0.3 is 0 Å². The van der Waals surface area contributed by atoms with Gasteiger partial charge in [0.1, 0.15) is 0 Å². The standard InChI is InChI=1S/C13H16Cl2/c14-12-8-4-7-11(13(12)15)9-10-5-2-1-3-6-10/h4,7-8,10H,1-3,5-6,9H2. The second-order valence-electron chi connectivity index (χ2n) is 4.42. The Kier molecular flexibility index (Phi) is 3.93. The van der Waals surface area contributed by atoms with Crippen molar-refractivity contribution in [2.24, 2.45) is 5.92 Å². The molecule has 0 atom stereocenters. The quantitative estimate of drug-likeness (QED) is 0.676. The first-order valence-electron chi connectivity index (χ1n) is 5.70. The van der Waals surface area contributed by atoms with Crippen LogP contribution in [0.4, 0.5) is 0 Å². The molecular formula is C13H16Cl2. The molecule has 0 amide bonds. The maximum absolute atomic E-state index is 6.18. The Morgan fingerprint density at radius 2 is 1.80 bits per heavy atom. The first-order chi connectivity index (χ1) is 7.27. The van der Waals surface area contributed by atoms with Crippen LogP contribution in [0.2, 0.25) is 10.0 Å². The Balaban J connectivity index is 2.06. The summed E-state index contributed by atoms with van der Waals surface area (Å²) in [5.41, 5.74) is 1.22. The molecule has 2 heteroatoms. The van der Waals surface area contributed by atoms with E-state index >= 15 is 0 Å². The third-order valence-electron chi connectivity index (χ3n) is 3.26. The van der Waals surface area contributed by atoms with Crippen molar-refractivity contribution in [3.8, 4) is 0 Å². The SMILES string of the molecule is Clc1cccc(CC2CCCCC2)c1Cl. The van der Waals surface area contributed by atoms with E-state index in [0.29, 0.717) is 5.02 Å². The lowest BCUT2D eigenvalue weighted by Crippen LogP contribution is -2.09. The number of hydrogen-bond acceptors (Lipinski definition) is 0. The van der Waals surface area contributed by atoms with E-state index in [4.69, 9.17) is 23.2 Å². The summed E-state index contributed by atoms with van der Waals surface area (Å²) in [6, 6.07) is 5.95. The van der Waals surface area contributed by atoms with Gasteiger partial charge in [-0.05, 0) is 24.0 Å². The van der Waals surface area contributed by atoms with E-state index in [9.17, 15) is 0 Å². The average Bonchev–Trinajstić information content (AvgIpc) is 2.26. The van der Waals surface area contributed by atoms with E-state index in [1.54, 1.807) is 0 Å². The molecule has 0 heterocycles. The van der Waals surface area contributed by atoms with Gasteiger partial charge in [0.15, 0.2) is 0 Å². The fourth-order valence-electron chi connectivity index (χ4n) is 2.41. The smallest absolute Gasteiger partial charge is 0.0624 e. The zero-order valence-electron chi connectivity index (χ0n) is 8.81. The van der Waals surface area contributed by atoms with Gasteiger partial charge in [0.25, 0.3) is 0 Å². The molecule has 0 unspecified atom stereocenters. The largest absolute Gasteiger partial charge is 0.0827 e. The fraction of sp³-hybridized carbons (Fsp3) is 0.538. The van der Waals surface area contributed by atoms with Crippen molar-refractivity contribution in [3.63, 3.8) is 0 Å². The van der Waals surface area contributed by atoms with E-state index in [0.717, 1.165) is 17.4 Å². The summed E-state index contributed by atoms with van der Waals surface area (Å²) in [7, 11) is 0. The van der Waals surface area contributed by atoms with Crippen molar-refractivity contribution in [1.29, 1.82) is 0 Å². The molecule has 1 aliphatic carbocycles. The molecule has 1 aliphatic rings. The van der Waals surface area contributed by atoms with Gasteiger partial charge in [-0.1, -0.05) is 67.4 Å². The van der Waals surface area contributed by atoms with Crippen LogP contribution < -0.4 is 0 Å². The number of halogens is 2. The van der Waals surface area contributed by atoms with Gasteiger partial charge in [-0.2, -0.15) is 0 Å². The Morgan fingerprint density at radius 3 is 2.53 bits per heavy atom. The third-order valence-corrected chi connectivity index (χ3v) is 4.12. The second kappa shape index (κ2) is 5.23. The van der Waals surface area contributed by atoms with Crippen LogP contribution in [0.25, 0.3) is 0 Å². The number of hydrogen-bond donors (Lipinski definition) is 0. The summed E-state index contributed by atoms with van der Waals surface area (Å²) in [4.78, 5) is 0. The topological polar surface area (TPSA) is 0 Å². The summed E-state index contributed by atoms with van der Waals surface area (Å²) in [5, 5.41) is 1.44. The first-order valence-corrected chi connectivity index (χ1v) is 6.46. The molecule has 0 bridgehead atoms. The first kappa shape index (κ1) is 11.3. The van der Waals surface area contributed by atoms with E-state index in [1.807, 2.05) is 12.1 Å². The molecule has 0 spiro atoms. The average molecular weight is 243 g/mol. The van der Waals surface area contributed by atoms with Gasteiger partial charge in [0.05, 0.1) is 10.0 Å². The van der Waals surface area contributed by atoms with Crippen LogP contribution in [-0.4, -0.2) is 0 Å². The lowest BCUT2D eigenvalue weighted by Gasteiger charge is -2.22. The van der Waals surface area contributed by atoms with Crippen LogP contribution in [-0.2, 0) is 6.42 Å². The van der Waals surface area contributed by atoms with Gasteiger partial charge in [-0.3, -0.25) is 0 Å². The van der Waals surface area contributed by atoms with Crippen molar-refractivity contribution in [3.05, 3.63) is 33.8 Å². The van der Waals surface area contributed by atoms with Crippen LogP contribution in [0.5, 0.6) is 0 Å². The number of rotatable bonds is 2. The Morgan fingerprint density at radius 1 is 1.07 bits per heavy atom. The highest BCUT2D eigenvalue weighted by Gasteiger charge is 2.15. The van der Waals surface area contributed by atoms with Crippen LogP contribution in [0.15, 0.2) is 18.2 Å². The van der Waals surface area contributed by atoms with Crippen LogP contribution in [0, 0.1) is 5.92 Å². The normalized spacial score (nSPS) is 18.0. The maximum atomic E-state index is 6.18. The molecule has 2 rings (SSSR count). The molecule has 1 aromatic rings. The molecule has 1 fully saturated rings. The minimum absolute atomic E-state index is 0.685. The molecule has 0 radical (unpaired) electrons. The van der Waals surface area contributed by atoms with Gasteiger partial charge in [0, 0.05) is 0 Å². The van der Waals surface area contributed by atoms with Crippen LogP contribution in [0.1, 0.15) is 37.7 Å². The number of benzene rings is 1. The van der Waals surface area contributed by atoms with Crippen molar-refractivity contribution < 1.29 is 0 Å². The van der Waals surface area contributed by atoms with E-state index in [1.165, 1.54) is 37.7 Å². The monoisotopic (exact) mass is 242 g/mol. The lowest BCUT2D eigenvalue weighted by atomic mass is 9.85. The molecule has 1 aromatic carbocycles. The molecule has 0 saturated heterocycles. The van der Waals surface area contributed by atoms with Crippen molar-refractivity contribution >= 4 is 23.2 Å². The fourth-order valence-corrected chi connectivity index (χ4v) is 2.81. The zero-order valence-corrected chi connectivity index (χ0v) is 10.3. The second-order valence-corrected chi connectivity index (χ2v) is 5.21. The molecule has 82 valence electrons. The highest BCUT2D eigenvalue weighted by Crippen LogP contribution is 2.32. The van der Waals surface area contributed by atoms with E-state index in [2.05, 4.69) is 6.07 Å². The predicted molar refractivity (Wildman–Crippen MR) is 66.7 cm³/mol. The molecule has 0 nitrogen and oxygen atoms in total. The minimum atomic E-state index is 0.685. The lowest BCUT2D eigenvalue weighted by molar-refractivity contribution is 0.357. The maximum Gasteiger partial charge on any atom is 0.0624 e. The molecule has 1 saturated carbocycles. The van der Waals surface area contributed by atoms with Gasteiger partial charge in [-0.25, -0.2) is 0 Å². The predicted octanol–water partition coefficient (Wildman–Crippen LogP) is 5.12. The third kappa shape index (κ3) is 2.89. The Bertz CT molecular complexity index is 327. The van der Waals surface area contributed by atoms with Crippen molar-refractivity contribution in [2.45, 2.75) is 38.5 Å². The van der Waals surface area contributed by atoms with Crippen molar-refractivity contribution in [1.82, 2.24) is 0 Å². The molecule has 0 N–H and O–H groups in total. The summed E-state index contributed by atoms with van der Waals surface area (Å²) < 4.78 is 0. The minimum Gasteiger partial charge on any atom is -0.0827 e. The van der Waals surface area contributed by atoms with Gasteiger partial charge >= 0.3 is 0 Å². The van der Waals surface area contributed by atoms with E-state index < -0.39 is 0 Å². The van der Waals surface area contributed by atoms with Gasteiger partial charge in [-0.15, -0.1) is 0 Å². The van der Waals surface area contributed by atoms with Crippen LogP contribution in [0.3, 0.4) is 0 Å². The molecule has 15 heavy (non-hydrogen) atoms. The Labute approximate surface area is 102 Å². The Hall–Kier alpha value is -0.200. The molecule has 0 aromatic heterocycles. The van der Waals surface area contributed by atoms with Crippen LogP contribution >= 0.6 is 23.2 Å². The van der Waals surface area contributed by atoms with Crippen molar-refractivity contribution in [2.75, 3.05) is 0 Å². The molecular weight excluding hydrogens is 227 g/mol. The summed E-state index contributed by atoms with van der Waals surface area (Å²) in [6.45, 7) is 0. The van der Waals surface area contributed by atoms with E-state index in [-0.39, 0.29) is 0 Å². The summed E-state index contributed by atoms with van der Waals surface area (Å²) >= 11 is 12.2. The zero-order chi connectivity index (χ0) is 10.7. The summed E-state index contributed by atoms with van der Waals surface area (Å²) in [5.74, 6) is 0.815. The molecule has 0 aliphatic heterocycles. The highest BCUT2D eigenvalue weighted by atomic mass is 35.5.